The highest BCUT2D eigenvalue weighted by Gasteiger charge is 2.32. The van der Waals surface area contributed by atoms with Gasteiger partial charge in [0.05, 0.1) is 44.9 Å². The molecule has 0 fully saturated rings. The number of hydrogen-bond donors (Lipinski definition) is 0. The maximum absolute atomic E-state index is 13.7. The molecule has 2 amide bonds. The highest BCUT2D eigenvalue weighted by Crippen LogP contribution is 2.36. The van der Waals surface area contributed by atoms with E-state index in [0.29, 0.717) is 31.6 Å². The summed E-state index contributed by atoms with van der Waals surface area (Å²) in [5.74, 6) is -0.572. The molecule has 0 bridgehead atoms. The fourth-order valence-electron chi connectivity index (χ4n) is 3.90. The van der Waals surface area contributed by atoms with Crippen molar-refractivity contribution >= 4 is 39.9 Å². The van der Waals surface area contributed by atoms with Crippen LogP contribution in [0, 0.1) is 0 Å². The van der Waals surface area contributed by atoms with Crippen molar-refractivity contribution in [1.82, 2.24) is 4.90 Å². The van der Waals surface area contributed by atoms with Crippen molar-refractivity contribution in [1.29, 1.82) is 0 Å². The van der Waals surface area contributed by atoms with E-state index in [0.717, 1.165) is 5.56 Å². The zero-order chi connectivity index (χ0) is 25.1. The number of nitrogens with zero attached hydrogens (tertiary/aromatic N) is 2. The molecule has 0 aromatic heterocycles. The molecular weight excluding hydrogens is 488 g/mol. The third-order valence-corrected chi connectivity index (χ3v) is 7.56. The Morgan fingerprint density at radius 2 is 1.71 bits per heavy atom. The van der Waals surface area contributed by atoms with Crippen molar-refractivity contribution in [3.63, 3.8) is 0 Å². The first-order valence-corrected chi connectivity index (χ1v) is 12.4. The van der Waals surface area contributed by atoms with Crippen molar-refractivity contribution in [2.24, 2.45) is 0 Å². The van der Waals surface area contributed by atoms with Gasteiger partial charge in [0.25, 0.3) is 11.8 Å². The number of carbonyl (C=O) groups excluding carboxylic acids is 2. The Hall–Kier alpha value is -3.04. The standard InChI is InChI=1S/C26H25ClN2O5S/c1-28(16-24(33-2)34-3)25(30)18-10-13-23-21(14-18)29(15-17-8-11-19(27)12-9-17)26(31)20-6-4-5-7-22(20)35(23)32/h4-14,24H,15-16H2,1-3H3/t35-/m0/s1. The van der Waals surface area contributed by atoms with E-state index < -0.39 is 17.1 Å². The molecule has 0 unspecified atom stereocenters. The molecule has 1 aliphatic heterocycles. The summed E-state index contributed by atoms with van der Waals surface area (Å²) in [4.78, 5) is 30.8. The Morgan fingerprint density at radius 3 is 2.40 bits per heavy atom. The van der Waals surface area contributed by atoms with Gasteiger partial charge in [0.15, 0.2) is 6.29 Å². The minimum atomic E-state index is -1.60. The Kier molecular flexibility index (Phi) is 7.66. The number of ether oxygens (including phenoxy) is 2. The first kappa shape index (κ1) is 25.1. The second-order valence-corrected chi connectivity index (χ2v) is 9.91. The van der Waals surface area contributed by atoms with Crippen molar-refractivity contribution in [3.8, 4) is 0 Å². The van der Waals surface area contributed by atoms with Crippen LogP contribution >= 0.6 is 11.6 Å². The van der Waals surface area contributed by atoms with Crippen molar-refractivity contribution in [3.05, 3.63) is 88.4 Å². The normalized spacial score (nSPS) is 14.9. The Balaban J connectivity index is 1.79. The Bertz CT molecular complexity index is 1280. The van der Waals surface area contributed by atoms with E-state index >= 15 is 0 Å². The number of anilines is 1. The number of fused-ring (bicyclic) bond motifs is 2. The number of hydrogen-bond acceptors (Lipinski definition) is 5. The van der Waals surface area contributed by atoms with Crippen LogP contribution in [0.3, 0.4) is 0 Å². The van der Waals surface area contributed by atoms with Crippen LogP contribution in [0.15, 0.2) is 76.5 Å². The van der Waals surface area contributed by atoms with Crippen molar-refractivity contribution < 1.29 is 23.3 Å². The van der Waals surface area contributed by atoms with Gasteiger partial charge in [-0.2, -0.15) is 0 Å². The molecule has 35 heavy (non-hydrogen) atoms. The van der Waals surface area contributed by atoms with Crippen molar-refractivity contribution in [2.75, 3.05) is 32.7 Å². The number of benzene rings is 3. The van der Waals surface area contributed by atoms with Gasteiger partial charge < -0.3 is 19.3 Å². The molecule has 1 heterocycles. The summed E-state index contributed by atoms with van der Waals surface area (Å²) in [5.41, 5.74) is 1.99. The lowest BCUT2D eigenvalue weighted by molar-refractivity contribution is -0.110. The van der Waals surface area contributed by atoms with Crippen molar-refractivity contribution in [2.45, 2.75) is 22.6 Å². The van der Waals surface area contributed by atoms with Gasteiger partial charge in [0.2, 0.25) is 0 Å². The Morgan fingerprint density at radius 1 is 1.03 bits per heavy atom. The summed E-state index contributed by atoms with van der Waals surface area (Å²) < 4.78 is 23.9. The third kappa shape index (κ3) is 5.16. The van der Waals surface area contributed by atoms with Gasteiger partial charge in [0, 0.05) is 31.9 Å². The first-order valence-electron chi connectivity index (χ1n) is 10.9. The maximum Gasteiger partial charge on any atom is 0.259 e. The van der Waals surface area contributed by atoms with Gasteiger partial charge in [0.1, 0.15) is 0 Å². The molecule has 9 heteroatoms. The van der Waals surface area contributed by atoms with Gasteiger partial charge in [-0.25, -0.2) is 4.21 Å². The van der Waals surface area contributed by atoms with Gasteiger partial charge in [-0.15, -0.1) is 0 Å². The highest BCUT2D eigenvalue weighted by atomic mass is 35.5. The highest BCUT2D eigenvalue weighted by molar-refractivity contribution is 7.85. The summed E-state index contributed by atoms with van der Waals surface area (Å²) >= 11 is 6.04. The number of amides is 2. The predicted octanol–water partition coefficient (Wildman–Crippen LogP) is 4.36. The molecule has 0 spiro atoms. The molecule has 0 saturated carbocycles. The molecule has 0 radical (unpaired) electrons. The van der Waals surface area contributed by atoms with Crippen LogP contribution in [0.2, 0.25) is 5.02 Å². The summed E-state index contributed by atoms with van der Waals surface area (Å²) in [5, 5.41) is 0.587. The molecular formula is C26H25ClN2O5S. The minimum Gasteiger partial charge on any atom is -0.354 e. The number of likely N-dealkylation sites (N-methyl/N-ethyl adjacent to an activating group) is 1. The zero-order valence-electron chi connectivity index (χ0n) is 19.6. The van der Waals surface area contributed by atoms with E-state index in [1.165, 1.54) is 19.1 Å². The van der Waals surface area contributed by atoms with Crippen LogP contribution in [0.5, 0.6) is 0 Å². The van der Waals surface area contributed by atoms with E-state index in [2.05, 4.69) is 0 Å². The summed E-state index contributed by atoms with van der Waals surface area (Å²) in [6, 6.07) is 19.0. The predicted molar refractivity (Wildman–Crippen MR) is 134 cm³/mol. The molecule has 4 rings (SSSR count). The maximum atomic E-state index is 13.7. The Labute approximate surface area is 211 Å². The number of rotatable bonds is 7. The summed E-state index contributed by atoms with van der Waals surface area (Å²) in [7, 11) is 3.04. The smallest absolute Gasteiger partial charge is 0.259 e. The molecule has 0 saturated heterocycles. The SMILES string of the molecule is COC(CN(C)C(=O)c1ccc2c(c1)N(Cc1ccc(Cl)cc1)C(=O)c1ccccc1[S@@]2=O)OC. The summed E-state index contributed by atoms with van der Waals surface area (Å²) in [6.45, 7) is 0.436. The zero-order valence-corrected chi connectivity index (χ0v) is 21.1. The number of carbonyl (C=O) groups is 2. The quantitative estimate of drug-likeness (QED) is 0.440. The molecule has 7 nitrogen and oxygen atoms in total. The molecule has 3 aromatic rings. The lowest BCUT2D eigenvalue weighted by Crippen LogP contribution is -2.36. The van der Waals surface area contributed by atoms with E-state index in [1.54, 1.807) is 66.5 Å². The van der Waals surface area contributed by atoms with Crippen LogP contribution in [0.25, 0.3) is 0 Å². The molecule has 0 N–H and O–H groups in total. The topological polar surface area (TPSA) is 76.2 Å². The molecule has 1 atom stereocenters. The second-order valence-electron chi connectivity index (χ2n) is 8.05. The number of halogens is 1. The van der Waals surface area contributed by atoms with Crippen LogP contribution < -0.4 is 4.90 Å². The van der Waals surface area contributed by atoms with E-state index in [9.17, 15) is 13.8 Å². The van der Waals surface area contributed by atoms with Crippen LogP contribution in [-0.2, 0) is 26.8 Å². The second kappa shape index (κ2) is 10.7. The fourth-order valence-corrected chi connectivity index (χ4v) is 5.37. The number of methoxy groups -OCH3 is 2. The molecule has 0 aliphatic carbocycles. The largest absolute Gasteiger partial charge is 0.354 e. The van der Waals surface area contributed by atoms with E-state index in [1.807, 2.05) is 12.1 Å². The third-order valence-electron chi connectivity index (χ3n) is 5.81. The molecule has 3 aromatic carbocycles. The monoisotopic (exact) mass is 512 g/mol. The van der Waals surface area contributed by atoms with Gasteiger partial charge in [-0.05, 0) is 48.0 Å². The van der Waals surface area contributed by atoms with Gasteiger partial charge >= 0.3 is 0 Å². The van der Waals surface area contributed by atoms with Crippen LogP contribution in [0.1, 0.15) is 26.3 Å². The van der Waals surface area contributed by atoms with E-state index in [-0.39, 0.29) is 24.9 Å². The average molecular weight is 513 g/mol. The minimum absolute atomic E-state index is 0.216. The lowest BCUT2D eigenvalue weighted by Gasteiger charge is -2.25. The van der Waals surface area contributed by atoms with E-state index in [4.69, 9.17) is 21.1 Å². The molecule has 182 valence electrons. The first-order chi connectivity index (χ1) is 16.8. The van der Waals surface area contributed by atoms with Gasteiger partial charge in [-0.3, -0.25) is 9.59 Å². The van der Waals surface area contributed by atoms with Crippen LogP contribution in [0.4, 0.5) is 5.69 Å². The molecule has 1 aliphatic rings. The van der Waals surface area contributed by atoms with Gasteiger partial charge in [-0.1, -0.05) is 35.9 Å². The summed E-state index contributed by atoms with van der Waals surface area (Å²) in [6.07, 6.45) is -0.574. The lowest BCUT2D eigenvalue weighted by atomic mass is 10.1. The average Bonchev–Trinajstić information content (AvgIpc) is 2.97. The van der Waals surface area contributed by atoms with Crippen LogP contribution in [-0.4, -0.2) is 55.0 Å². The fraction of sp³-hybridized carbons (Fsp3) is 0.231.